The summed E-state index contributed by atoms with van der Waals surface area (Å²) in [4.78, 5) is 24.2. The van der Waals surface area contributed by atoms with Crippen molar-refractivity contribution in [3.8, 4) is 0 Å². The number of Topliss-reactive ketones (excluding diaryl/α,β-unsaturated/α-hetero) is 1. The predicted octanol–water partition coefficient (Wildman–Crippen LogP) is 0.592. The van der Waals surface area contributed by atoms with E-state index >= 15 is 0 Å². The van der Waals surface area contributed by atoms with Gasteiger partial charge in [-0.2, -0.15) is 0 Å². The Morgan fingerprint density at radius 3 is 2.50 bits per heavy atom. The second kappa shape index (κ2) is 13.4. The lowest BCUT2D eigenvalue weighted by Crippen LogP contribution is -2.59. The molecule has 0 aromatic carbocycles. The van der Waals surface area contributed by atoms with Gasteiger partial charge in [0.1, 0.15) is 30.2 Å². The van der Waals surface area contributed by atoms with Gasteiger partial charge in [-0.05, 0) is 19.3 Å². The average Bonchev–Trinajstić information content (AvgIpc) is 3.03. The summed E-state index contributed by atoms with van der Waals surface area (Å²) in [6, 6.07) is 0. The van der Waals surface area contributed by atoms with E-state index in [-0.39, 0.29) is 30.5 Å². The molecule has 2 rings (SSSR count). The van der Waals surface area contributed by atoms with E-state index in [0.29, 0.717) is 12.8 Å². The fourth-order valence-electron chi connectivity index (χ4n) is 4.35. The summed E-state index contributed by atoms with van der Waals surface area (Å²) in [7, 11) is 0. The molecule has 32 heavy (non-hydrogen) atoms. The molecular weight excluding hydrogens is 420 g/mol. The van der Waals surface area contributed by atoms with Crippen LogP contribution in [0.1, 0.15) is 64.7 Å². The summed E-state index contributed by atoms with van der Waals surface area (Å²) >= 11 is 0. The molecule has 1 aliphatic heterocycles. The van der Waals surface area contributed by atoms with Gasteiger partial charge in [0, 0.05) is 24.7 Å². The number of aliphatic hydroxyl groups is 5. The van der Waals surface area contributed by atoms with Crippen LogP contribution in [0, 0.1) is 11.8 Å². The van der Waals surface area contributed by atoms with Gasteiger partial charge >= 0.3 is 5.97 Å². The highest BCUT2D eigenvalue weighted by Gasteiger charge is 2.45. The van der Waals surface area contributed by atoms with E-state index in [4.69, 9.17) is 14.6 Å². The third-order valence-electron chi connectivity index (χ3n) is 6.29. The lowest BCUT2D eigenvalue weighted by atomic mass is 9.88. The Labute approximate surface area is 189 Å². The molecule has 1 saturated heterocycles. The molecule has 1 saturated carbocycles. The van der Waals surface area contributed by atoms with Crippen molar-refractivity contribution in [2.24, 2.45) is 11.8 Å². The first-order valence-corrected chi connectivity index (χ1v) is 11.7. The standard InChI is InChI=1S/C23H38O9/c1-2-3-6-9-14-15(17(26)12-16(14)25)10-7-4-5-8-11-19(27)32-23-22(30)21(29)20(28)18(13-24)31-23/h6,9,14-16,18,20-25,28-30H,2-5,7-8,10-13H2,1H3/b9-6+/t14?,15?,16?,18-,20-,21+,22-,23?/m1/s1. The lowest BCUT2D eigenvalue weighted by molar-refractivity contribution is -0.292. The molecule has 4 unspecified atom stereocenters. The molecule has 0 aromatic rings. The second-order valence-corrected chi connectivity index (χ2v) is 8.78. The van der Waals surface area contributed by atoms with Crippen LogP contribution >= 0.6 is 0 Å². The van der Waals surface area contributed by atoms with Crippen molar-refractivity contribution < 1.29 is 44.6 Å². The van der Waals surface area contributed by atoms with Crippen LogP contribution in [-0.4, -0.2) is 80.7 Å². The number of allylic oxidation sites excluding steroid dienone is 1. The van der Waals surface area contributed by atoms with E-state index in [1.807, 2.05) is 12.2 Å². The van der Waals surface area contributed by atoms with Gasteiger partial charge in [0.25, 0.3) is 0 Å². The number of esters is 1. The van der Waals surface area contributed by atoms with E-state index in [2.05, 4.69) is 6.92 Å². The molecule has 0 radical (unpaired) electrons. The fourth-order valence-corrected chi connectivity index (χ4v) is 4.35. The number of carbonyl (C=O) groups is 2. The largest absolute Gasteiger partial charge is 0.433 e. The van der Waals surface area contributed by atoms with Crippen LogP contribution in [0.4, 0.5) is 0 Å². The number of hydrogen-bond donors (Lipinski definition) is 5. The zero-order valence-corrected chi connectivity index (χ0v) is 18.7. The Balaban J connectivity index is 1.66. The Hall–Kier alpha value is -1.36. The predicted molar refractivity (Wildman–Crippen MR) is 114 cm³/mol. The van der Waals surface area contributed by atoms with Crippen molar-refractivity contribution in [2.45, 2.75) is 102 Å². The van der Waals surface area contributed by atoms with Crippen molar-refractivity contribution in [2.75, 3.05) is 6.61 Å². The van der Waals surface area contributed by atoms with Gasteiger partial charge in [0.15, 0.2) is 0 Å². The number of hydrogen-bond acceptors (Lipinski definition) is 9. The first kappa shape index (κ1) is 26.9. The number of ketones is 1. The molecule has 1 aliphatic carbocycles. The number of ether oxygens (including phenoxy) is 2. The minimum atomic E-state index is -1.60. The van der Waals surface area contributed by atoms with E-state index in [0.717, 1.165) is 32.1 Å². The molecular formula is C23H38O9. The van der Waals surface area contributed by atoms with E-state index in [9.17, 15) is 30.0 Å². The van der Waals surface area contributed by atoms with Gasteiger partial charge in [0.05, 0.1) is 12.7 Å². The Kier molecular flexibility index (Phi) is 11.2. The van der Waals surface area contributed by atoms with Gasteiger partial charge in [-0.25, -0.2) is 0 Å². The Morgan fingerprint density at radius 2 is 1.81 bits per heavy atom. The quantitative estimate of drug-likeness (QED) is 0.161. The number of carbonyl (C=O) groups excluding carboxylic acids is 2. The highest BCUT2D eigenvalue weighted by Crippen LogP contribution is 2.34. The van der Waals surface area contributed by atoms with Gasteiger partial charge in [-0.15, -0.1) is 0 Å². The number of rotatable bonds is 12. The summed E-state index contributed by atoms with van der Waals surface area (Å²) in [5.41, 5.74) is 0. The molecule has 9 heteroatoms. The van der Waals surface area contributed by atoms with E-state index < -0.39 is 49.4 Å². The van der Waals surface area contributed by atoms with Crippen LogP contribution in [0.15, 0.2) is 12.2 Å². The molecule has 0 aromatic heterocycles. The van der Waals surface area contributed by atoms with Gasteiger partial charge < -0.3 is 35.0 Å². The molecule has 5 N–H and O–H groups in total. The molecule has 1 heterocycles. The number of unbranched alkanes of at least 4 members (excludes halogenated alkanes) is 4. The second-order valence-electron chi connectivity index (χ2n) is 8.78. The van der Waals surface area contributed by atoms with Crippen LogP contribution < -0.4 is 0 Å². The van der Waals surface area contributed by atoms with Crippen LogP contribution in [0.3, 0.4) is 0 Å². The molecule has 0 amide bonds. The Bertz CT molecular complexity index is 621. The molecule has 2 fully saturated rings. The van der Waals surface area contributed by atoms with Gasteiger partial charge in [0.2, 0.25) is 6.29 Å². The molecule has 0 spiro atoms. The fraction of sp³-hybridized carbons (Fsp3) is 0.826. The summed E-state index contributed by atoms with van der Waals surface area (Å²) in [6.07, 6.45) is 2.12. The highest BCUT2D eigenvalue weighted by atomic mass is 16.7. The van der Waals surface area contributed by atoms with Crippen molar-refractivity contribution >= 4 is 11.8 Å². The third kappa shape index (κ3) is 7.33. The molecule has 8 atom stereocenters. The third-order valence-corrected chi connectivity index (χ3v) is 6.29. The molecule has 0 bridgehead atoms. The minimum absolute atomic E-state index is 0.0957. The highest BCUT2D eigenvalue weighted by molar-refractivity contribution is 5.84. The molecule has 2 aliphatic rings. The summed E-state index contributed by atoms with van der Waals surface area (Å²) in [5, 5.41) is 48.7. The summed E-state index contributed by atoms with van der Waals surface area (Å²) in [6.45, 7) is 1.49. The maximum Gasteiger partial charge on any atom is 0.308 e. The normalized spacial score (nSPS) is 35.5. The lowest BCUT2D eigenvalue weighted by Gasteiger charge is -2.39. The molecule has 9 nitrogen and oxygen atoms in total. The first-order valence-electron chi connectivity index (χ1n) is 11.7. The zero-order chi connectivity index (χ0) is 23.7. The van der Waals surface area contributed by atoms with Crippen LogP contribution in [0.2, 0.25) is 0 Å². The smallest absolute Gasteiger partial charge is 0.308 e. The van der Waals surface area contributed by atoms with Crippen molar-refractivity contribution in [3.05, 3.63) is 12.2 Å². The Morgan fingerprint density at radius 1 is 1.09 bits per heavy atom. The topological polar surface area (TPSA) is 154 Å². The summed E-state index contributed by atoms with van der Waals surface area (Å²) in [5.74, 6) is -0.742. The number of aliphatic hydroxyl groups excluding tert-OH is 5. The zero-order valence-electron chi connectivity index (χ0n) is 18.7. The van der Waals surface area contributed by atoms with Crippen LogP contribution in [0.5, 0.6) is 0 Å². The van der Waals surface area contributed by atoms with Crippen molar-refractivity contribution in [3.63, 3.8) is 0 Å². The maximum atomic E-state index is 12.2. The van der Waals surface area contributed by atoms with E-state index in [1.165, 1.54) is 0 Å². The SMILES string of the molecule is CCC/C=C/C1C(O)CC(=O)C1CCCCCCC(=O)OC1O[C@H](CO)[C@@H](O)[C@H](O)[C@H]1O. The van der Waals surface area contributed by atoms with Gasteiger partial charge in [-0.3, -0.25) is 9.59 Å². The minimum Gasteiger partial charge on any atom is -0.433 e. The van der Waals surface area contributed by atoms with Gasteiger partial charge in [-0.1, -0.05) is 44.8 Å². The van der Waals surface area contributed by atoms with E-state index in [1.54, 1.807) is 0 Å². The maximum absolute atomic E-state index is 12.2. The van der Waals surface area contributed by atoms with Crippen LogP contribution in [0.25, 0.3) is 0 Å². The monoisotopic (exact) mass is 458 g/mol. The first-order chi connectivity index (χ1) is 15.3. The molecule has 184 valence electrons. The summed E-state index contributed by atoms with van der Waals surface area (Å²) < 4.78 is 10.2. The van der Waals surface area contributed by atoms with Crippen molar-refractivity contribution in [1.82, 2.24) is 0 Å². The van der Waals surface area contributed by atoms with Crippen molar-refractivity contribution in [1.29, 1.82) is 0 Å². The van der Waals surface area contributed by atoms with Crippen LogP contribution in [-0.2, 0) is 19.1 Å². The average molecular weight is 459 g/mol.